The van der Waals surface area contributed by atoms with Gasteiger partial charge in [0, 0.05) is 25.9 Å². The first-order chi connectivity index (χ1) is 22.1. The number of carboxylic acid groups (broad SMARTS) is 1. The lowest BCUT2D eigenvalue weighted by Crippen LogP contribution is -2.57. The van der Waals surface area contributed by atoms with Gasteiger partial charge in [0.15, 0.2) is 0 Å². The van der Waals surface area contributed by atoms with Crippen molar-refractivity contribution in [3.63, 3.8) is 0 Å². The maximum Gasteiger partial charge on any atom is 0.323 e. The number of aliphatic carboxylic acids is 1. The summed E-state index contributed by atoms with van der Waals surface area (Å²) in [6.45, 7) is 1.32. The summed E-state index contributed by atoms with van der Waals surface area (Å²) in [4.78, 5) is 54.6. The Labute approximate surface area is 267 Å². The SMILES string of the molecule is Cc1cc(F)ccc1C[C@@H](C(=O)N(C)CC(=O)O)N1CC/C=C\C[C@H](NCC(=O)OCC2c3ccccc3-c3ccccc32)C1=O. The summed E-state index contributed by atoms with van der Waals surface area (Å²) in [5.41, 5.74) is 5.72. The van der Waals surface area contributed by atoms with Crippen LogP contribution < -0.4 is 5.32 Å². The third-order valence-corrected chi connectivity index (χ3v) is 8.65. The molecule has 1 heterocycles. The lowest BCUT2D eigenvalue weighted by Gasteiger charge is -2.36. The largest absolute Gasteiger partial charge is 0.480 e. The van der Waals surface area contributed by atoms with Crippen molar-refractivity contribution in [2.45, 2.75) is 44.2 Å². The van der Waals surface area contributed by atoms with Gasteiger partial charge in [-0.25, -0.2) is 4.39 Å². The molecule has 46 heavy (non-hydrogen) atoms. The van der Waals surface area contributed by atoms with E-state index in [9.17, 15) is 28.7 Å². The molecule has 0 bridgehead atoms. The van der Waals surface area contributed by atoms with Gasteiger partial charge in [0.1, 0.15) is 25.0 Å². The number of hydrogen-bond acceptors (Lipinski definition) is 6. The highest BCUT2D eigenvalue weighted by molar-refractivity contribution is 5.92. The van der Waals surface area contributed by atoms with Crippen LogP contribution >= 0.6 is 0 Å². The number of nitrogens with one attached hydrogen (secondary N) is 1. The van der Waals surface area contributed by atoms with Gasteiger partial charge in [0.25, 0.3) is 0 Å². The molecule has 0 fully saturated rings. The van der Waals surface area contributed by atoms with Crippen LogP contribution in [0.4, 0.5) is 4.39 Å². The van der Waals surface area contributed by atoms with Crippen LogP contribution in [0.1, 0.15) is 41.0 Å². The Hall–Kier alpha value is -4.83. The molecule has 2 amide bonds. The Balaban J connectivity index is 1.29. The molecule has 0 saturated carbocycles. The van der Waals surface area contributed by atoms with E-state index in [4.69, 9.17) is 4.74 Å². The van der Waals surface area contributed by atoms with E-state index in [0.717, 1.165) is 27.2 Å². The first kappa shape index (κ1) is 32.6. The minimum atomic E-state index is -1.18. The number of fused-ring (bicyclic) bond motifs is 3. The van der Waals surface area contributed by atoms with Crippen LogP contribution in [-0.2, 0) is 30.3 Å². The monoisotopic (exact) mass is 627 g/mol. The van der Waals surface area contributed by atoms with E-state index in [1.54, 1.807) is 13.0 Å². The van der Waals surface area contributed by atoms with Gasteiger partial charge in [-0.05, 0) is 65.3 Å². The Bertz CT molecular complexity index is 1610. The average molecular weight is 628 g/mol. The molecule has 0 saturated heterocycles. The highest BCUT2D eigenvalue weighted by Gasteiger charge is 2.36. The third-order valence-electron chi connectivity index (χ3n) is 8.65. The fraction of sp³-hybridized carbons (Fsp3) is 0.333. The number of esters is 1. The maximum absolute atomic E-state index is 14.0. The van der Waals surface area contributed by atoms with Gasteiger partial charge in [-0.3, -0.25) is 24.5 Å². The van der Waals surface area contributed by atoms with E-state index in [1.165, 1.54) is 24.1 Å². The molecule has 240 valence electrons. The molecule has 2 N–H and O–H groups in total. The fourth-order valence-electron chi connectivity index (χ4n) is 6.29. The number of carboxylic acids is 1. The van der Waals surface area contributed by atoms with E-state index in [-0.39, 0.29) is 38.5 Å². The van der Waals surface area contributed by atoms with Crippen LogP contribution in [0.15, 0.2) is 78.9 Å². The topological polar surface area (TPSA) is 116 Å². The molecule has 2 atom stereocenters. The van der Waals surface area contributed by atoms with Gasteiger partial charge in [0.05, 0.1) is 12.6 Å². The van der Waals surface area contributed by atoms with Gasteiger partial charge in [-0.15, -0.1) is 0 Å². The number of benzene rings is 3. The number of amides is 2. The van der Waals surface area contributed by atoms with Gasteiger partial charge in [-0.1, -0.05) is 66.7 Å². The molecule has 1 aliphatic carbocycles. The van der Waals surface area contributed by atoms with Gasteiger partial charge in [0.2, 0.25) is 11.8 Å². The van der Waals surface area contributed by atoms with Crippen LogP contribution in [0.3, 0.4) is 0 Å². The maximum atomic E-state index is 14.0. The minimum absolute atomic E-state index is 0.0729. The van der Waals surface area contributed by atoms with Crippen LogP contribution in [0.25, 0.3) is 11.1 Å². The van der Waals surface area contributed by atoms with E-state index in [1.807, 2.05) is 48.6 Å². The molecule has 5 rings (SSSR count). The number of carbonyl (C=O) groups excluding carboxylic acids is 3. The zero-order valence-corrected chi connectivity index (χ0v) is 25.9. The lowest BCUT2D eigenvalue weighted by molar-refractivity contribution is -0.150. The second-order valence-corrected chi connectivity index (χ2v) is 11.7. The predicted molar refractivity (Wildman–Crippen MR) is 170 cm³/mol. The fourth-order valence-corrected chi connectivity index (χ4v) is 6.29. The highest BCUT2D eigenvalue weighted by atomic mass is 19.1. The molecule has 3 aromatic rings. The van der Waals surface area contributed by atoms with E-state index < -0.39 is 48.2 Å². The van der Waals surface area contributed by atoms with Crippen molar-refractivity contribution in [2.75, 3.05) is 33.3 Å². The summed E-state index contributed by atoms with van der Waals surface area (Å²) in [5, 5.41) is 12.4. The molecule has 0 aromatic heterocycles. The Morgan fingerprint density at radius 3 is 2.37 bits per heavy atom. The molecule has 1 aliphatic heterocycles. The highest BCUT2D eigenvalue weighted by Crippen LogP contribution is 2.44. The second-order valence-electron chi connectivity index (χ2n) is 11.7. The van der Waals surface area contributed by atoms with Crippen molar-refractivity contribution < 1.29 is 33.4 Å². The molecule has 2 aliphatic rings. The van der Waals surface area contributed by atoms with Crippen molar-refractivity contribution in [1.82, 2.24) is 15.1 Å². The number of rotatable bonds is 11. The van der Waals surface area contributed by atoms with E-state index >= 15 is 0 Å². The Morgan fingerprint density at radius 2 is 1.72 bits per heavy atom. The summed E-state index contributed by atoms with van der Waals surface area (Å²) in [7, 11) is 1.38. The quantitative estimate of drug-likeness (QED) is 0.243. The first-order valence-electron chi connectivity index (χ1n) is 15.4. The number of halogens is 1. The lowest BCUT2D eigenvalue weighted by atomic mass is 9.97. The van der Waals surface area contributed by atoms with Crippen molar-refractivity contribution in [3.05, 3.63) is 107 Å². The molecular formula is C36H38FN3O6. The summed E-state index contributed by atoms with van der Waals surface area (Å²) in [6.07, 6.45) is 4.62. The number of nitrogens with zero attached hydrogens (tertiary/aromatic N) is 2. The number of ether oxygens (including phenoxy) is 1. The molecule has 9 nitrogen and oxygen atoms in total. The third kappa shape index (κ3) is 7.34. The summed E-state index contributed by atoms with van der Waals surface area (Å²) in [5.74, 6) is -3.14. The summed E-state index contributed by atoms with van der Waals surface area (Å²) < 4.78 is 19.6. The van der Waals surface area contributed by atoms with Crippen molar-refractivity contribution >= 4 is 23.8 Å². The number of aryl methyl sites for hydroxylation is 1. The smallest absolute Gasteiger partial charge is 0.323 e. The van der Waals surface area contributed by atoms with Gasteiger partial charge < -0.3 is 19.6 Å². The standard InChI is InChI=1S/C36H38FN3O6/c1-23-18-25(37)16-15-24(23)19-32(36(45)39(2)21-33(41)42)40-17-9-3-4-14-31(35(40)44)38-20-34(43)46-22-30-28-12-7-5-10-26(28)27-11-6-8-13-29(27)30/h3-8,10-13,15-16,18,30-32,38H,9,14,17,19-22H2,1-2H3,(H,41,42)/b4-3-/t31-,32-/m0/s1. The second kappa shape index (κ2) is 14.5. The molecular weight excluding hydrogens is 589 g/mol. The molecule has 0 unspecified atom stereocenters. The molecule has 0 spiro atoms. The van der Waals surface area contributed by atoms with Crippen LogP contribution in [-0.4, -0.2) is 84.0 Å². The molecule has 0 radical (unpaired) electrons. The van der Waals surface area contributed by atoms with E-state index in [2.05, 4.69) is 17.4 Å². The van der Waals surface area contributed by atoms with Gasteiger partial charge >= 0.3 is 11.9 Å². The predicted octanol–water partition coefficient (Wildman–Crippen LogP) is 4.08. The zero-order valence-electron chi connectivity index (χ0n) is 25.9. The summed E-state index contributed by atoms with van der Waals surface area (Å²) in [6, 6.07) is 18.5. The summed E-state index contributed by atoms with van der Waals surface area (Å²) >= 11 is 0. The number of likely N-dealkylation sites (N-methyl/N-ethyl adjacent to an activating group) is 1. The normalized spacial score (nSPS) is 17.3. The minimum Gasteiger partial charge on any atom is -0.480 e. The average Bonchev–Trinajstić information content (AvgIpc) is 3.35. The Morgan fingerprint density at radius 1 is 1.04 bits per heavy atom. The van der Waals surface area contributed by atoms with E-state index in [0.29, 0.717) is 17.5 Å². The number of carbonyl (C=O) groups is 4. The molecule has 10 heteroatoms. The molecule has 3 aromatic carbocycles. The van der Waals surface area contributed by atoms with Crippen LogP contribution in [0, 0.1) is 12.7 Å². The Kier molecular flexibility index (Phi) is 10.3. The van der Waals surface area contributed by atoms with Crippen LogP contribution in [0.2, 0.25) is 0 Å². The number of hydrogen-bond donors (Lipinski definition) is 2. The first-order valence-corrected chi connectivity index (χ1v) is 15.4. The van der Waals surface area contributed by atoms with Gasteiger partial charge in [-0.2, -0.15) is 0 Å². The van der Waals surface area contributed by atoms with Crippen molar-refractivity contribution in [2.24, 2.45) is 0 Å². The zero-order chi connectivity index (χ0) is 32.8. The van der Waals surface area contributed by atoms with Crippen LogP contribution in [0.5, 0.6) is 0 Å². The van der Waals surface area contributed by atoms with Crippen molar-refractivity contribution in [1.29, 1.82) is 0 Å². The van der Waals surface area contributed by atoms with Crippen molar-refractivity contribution in [3.8, 4) is 11.1 Å².